The summed E-state index contributed by atoms with van der Waals surface area (Å²) in [5.74, 6) is -0.302. The molecule has 4 N–H and O–H groups in total. The third-order valence-corrected chi connectivity index (χ3v) is 2.38. The number of Topliss-reactive ketones (excluding diaryl/α,β-unsaturated/α-hetero) is 1. The van der Waals surface area contributed by atoms with E-state index in [9.17, 15) is 9.59 Å². The van der Waals surface area contributed by atoms with E-state index in [0.717, 1.165) is 0 Å². The molecule has 0 aliphatic rings. The average Bonchev–Trinajstić information content (AvgIpc) is 2.43. The first-order valence-electron chi connectivity index (χ1n) is 5.40. The van der Waals surface area contributed by atoms with Gasteiger partial charge in [-0.1, -0.05) is 6.07 Å². The summed E-state index contributed by atoms with van der Waals surface area (Å²) < 4.78 is 5.06. The van der Waals surface area contributed by atoms with Gasteiger partial charge >= 0.3 is 0 Å². The first-order valence-corrected chi connectivity index (χ1v) is 5.40. The van der Waals surface area contributed by atoms with Crippen LogP contribution in [0.4, 0.5) is 0 Å². The van der Waals surface area contributed by atoms with E-state index < -0.39 is 5.91 Å². The topological polar surface area (TPSA) is 102 Å². The second-order valence-electron chi connectivity index (χ2n) is 3.60. The fourth-order valence-corrected chi connectivity index (χ4v) is 1.42. The average molecular weight is 252 g/mol. The molecule has 0 aliphatic heterocycles. The van der Waals surface area contributed by atoms with Gasteiger partial charge < -0.3 is 20.9 Å². The van der Waals surface area contributed by atoms with Gasteiger partial charge in [0, 0.05) is 0 Å². The summed E-state index contributed by atoms with van der Waals surface area (Å²) in [6.07, 6.45) is 0. The zero-order valence-corrected chi connectivity index (χ0v) is 10.1. The van der Waals surface area contributed by atoms with Crippen LogP contribution in [0.5, 0.6) is 5.75 Å². The number of ether oxygens (including phenoxy) is 1. The maximum absolute atomic E-state index is 11.9. The molecule has 1 aromatic rings. The molecule has 0 bridgehead atoms. The van der Waals surface area contributed by atoms with E-state index in [1.165, 1.54) is 13.2 Å². The van der Waals surface area contributed by atoms with E-state index in [0.29, 0.717) is 16.9 Å². The molecule has 0 radical (unpaired) electrons. The number of aliphatic hydroxyl groups is 1. The maximum atomic E-state index is 11.9. The summed E-state index contributed by atoms with van der Waals surface area (Å²) in [6.45, 7) is -0.484. The van der Waals surface area contributed by atoms with Gasteiger partial charge in [-0.2, -0.15) is 0 Å². The predicted octanol–water partition coefficient (Wildman–Crippen LogP) is -0.555. The molecule has 6 heteroatoms. The first kappa shape index (κ1) is 14.1. The minimum absolute atomic E-state index is 0.152. The Morgan fingerprint density at radius 3 is 2.72 bits per heavy atom. The lowest BCUT2D eigenvalue weighted by Crippen LogP contribution is -2.34. The van der Waals surface area contributed by atoms with Crippen LogP contribution in [0.2, 0.25) is 0 Å². The Morgan fingerprint density at radius 2 is 2.17 bits per heavy atom. The number of hydrogen-bond acceptors (Lipinski definition) is 5. The Kier molecular flexibility index (Phi) is 5.29. The SMILES string of the molecule is COc1ccc(CO)cc1C(=O)CNC(=O)CN. The molecule has 1 amide bonds. The van der Waals surface area contributed by atoms with Gasteiger partial charge in [-0.3, -0.25) is 9.59 Å². The molecule has 0 saturated heterocycles. The number of carbonyl (C=O) groups is 2. The van der Waals surface area contributed by atoms with Crippen LogP contribution >= 0.6 is 0 Å². The Bertz CT molecular complexity index is 446. The maximum Gasteiger partial charge on any atom is 0.234 e. The molecule has 0 saturated carbocycles. The van der Waals surface area contributed by atoms with Crippen molar-refractivity contribution in [1.29, 1.82) is 0 Å². The lowest BCUT2D eigenvalue weighted by Gasteiger charge is -2.09. The molecule has 18 heavy (non-hydrogen) atoms. The highest BCUT2D eigenvalue weighted by Crippen LogP contribution is 2.20. The van der Waals surface area contributed by atoms with Gasteiger partial charge in [0.15, 0.2) is 5.78 Å². The summed E-state index contributed by atoms with van der Waals surface area (Å²) in [7, 11) is 1.45. The summed E-state index contributed by atoms with van der Waals surface area (Å²) in [4.78, 5) is 22.9. The number of benzene rings is 1. The number of methoxy groups -OCH3 is 1. The number of rotatable bonds is 6. The summed E-state index contributed by atoms with van der Waals surface area (Å²) >= 11 is 0. The van der Waals surface area contributed by atoms with Gasteiger partial charge in [-0.15, -0.1) is 0 Å². The molecule has 0 heterocycles. The van der Waals surface area contributed by atoms with Crippen molar-refractivity contribution < 1.29 is 19.4 Å². The van der Waals surface area contributed by atoms with E-state index in [1.807, 2.05) is 0 Å². The first-order chi connectivity index (χ1) is 8.62. The number of nitrogens with one attached hydrogen (secondary N) is 1. The highest BCUT2D eigenvalue weighted by Gasteiger charge is 2.13. The molecule has 0 aliphatic carbocycles. The Labute approximate surface area is 105 Å². The zero-order chi connectivity index (χ0) is 13.5. The summed E-state index contributed by atoms with van der Waals surface area (Å²) in [5, 5.41) is 11.4. The van der Waals surface area contributed by atoms with Crippen LogP contribution in [0.1, 0.15) is 15.9 Å². The molecular formula is C12H16N2O4. The number of carbonyl (C=O) groups excluding carboxylic acids is 2. The zero-order valence-electron chi connectivity index (χ0n) is 10.1. The van der Waals surface area contributed by atoms with Crippen molar-refractivity contribution in [1.82, 2.24) is 5.32 Å². The molecule has 1 aromatic carbocycles. The van der Waals surface area contributed by atoms with Gasteiger partial charge in [0.2, 0.25) is 5.91 Å². The minimum atomic E-state index is -0.402. The molecule has 0 aromatic heterocycles. The second kappa shape index (κ2) is 6.73. The fourth-order valence-electron chi connectivity index (χ4n) is 1.42. The van der Waals surface area contributed by atoms with Crippen molar-refractivity contribution in [2.24, 2.45) is 5.73 Å². The fraction of sp³-hybridized carbons (Fsp3) is 0.333. The number of ketones is 1. The second-order valence-corrected chi connectivity index (χ2v) is 3.60. The Balaban J connectivity index is 2.85. The van der Waals surface area contributed by atoms with Gasteiger partial charge in [0.05, 0.1) is 32.4 Å². The minimum Gasteiger partial charge on any atom is -0.496 e. The predicted molar refractivity (Wildman–Crippen MR) is 65.3 cm³/mol. The smallest absolute Gasteiger partial charge is 0.234 e. The Morgan fingerprint density at radius 1 is 1.44 bits per heavy atom. The van der Waals surface area contributed by atoms with E-state index in [-0.39, 0.29) is 25.5 Å². The molecule has 0 atom stereocenters. The molecule has 98 valence electrons. The lowest BCUT2D eigenvalue weighted by atomic mass is 10.1. The van der Waals surface area contributed by atoms with Gasteiger partial charge in [0.25, 0.3) is 0 Å². The normalized spacial score (nSPS) is 9.94. The van der Waals surface area contributed by atoms with E-state index >= 15 is 0 Å². The number of nitrogens with two attached hydrogens (primary N) is 1. The van der Waals surface area contributed by atoms with Gasteiger partial charge in [-0.05, 0) is 17.7 Å². The molecular weight excluding hydrogens is 236 g/mol. The van der Waals surface area contributed by atoms with Crippen molar-refractivity contribution in [3.05, 3.63) is 29.3 Å². The van der Waals surface area contributed by atoms with Crippen molar-refractivity contribution in [2.45, 2.75) is 6.61 Å². The van der Waals surface area contributed by atoms with Crippen LogP contribution in [0.15, 0.2) is 18.2 Å². The quantitative estimate of drug-likeness (QED) is 0.589. The third-order valence-electron chi connectivity index (χ3n) is 2.38. The van der Waals surface area contributed by atoms with Crippen molar-refractivity contribution in [3.8, 4) is 5.75 Å². The third kappa shape index (κ3) is 3.54. The highest BCUT2D eigenvalue weighted by molar-refractivity contribution is 6.01. The van der Waals surface area contributed by atoms with Crippen molar-refractivity contribution in [3.63, 3.8) is 0 Å². The van der Waals surface area contributed by atoms with Crippen LogP contribution in [-0.2, 0) is 11.4 Å². The molecule has 0 unspecified atom stereocenters. The summed E-state index contributed by atoms with van der Waals surface area (Å²) in [6, 6.07) is 4.80. The standard InChI is InChI=1S/C12H16N2O4/c1-18-11-3-2-8(7-15)4-9(11)10(16)6-14-12(17)5-13/h2-4,15H,5-7,13H2,1H3,(H,14,17). The van der Waals surface area contributed by atoms with Crippen LogP contribution in [0.25, 0.3) is 0 Å². The van der Waals surface area contributed by atoms with Crippen LogP contribution in [0.3, 0.4) is 0 Å². The van der Waals surface area contributed by atoms with Crippen LogP contribution < -0.4 is 15.8 Å². The van der Waals surface area contributed by atoms with E-state index in [2.05, 4.69) is 5.32 Å². The van der Waals surface area contributed by atoms with Crippen LogP contribution in [-0.4, -0.2) is 37.0 Å². The Hall–Kier alpha value is -1.92. The number of amides is 1. The molecule has 6 nitrogen and oxygen atoms in total. The lowest BCUT2D eigenvalue weighted by molar-refractivity contribution is -0.119. The van der Waals surface area contributed by atoms with Gasteiger partial charge in [-0.25, -0.2) is 0 Å². The number of hydrogen-bond donors (Lipinski definition) is 3. The van der Waals surface area contributed by atoms with Crippen molar-refractivity contribution in [2.75, 3.05) is 20.2 Å². The molecule has 1 rings (SSSR count). The van der Waals surface area contributed by atoms with E-state index in [1.54, 1.807) is 12.1 Å². The number of aliphatic hydroxyl groups excluding tert-OH is 1. The monoisotopic (exact) mass is 252 g/mol. The molecule has 0 fully saturated rings. The molecule has 0 spiro atoms. The van der Waals surface area contributed by atoms with E-state index in [4.69, 9.17) is 15.6 Å². The van der Waals surface area contributed by atoms with Crippen LogP contribution in [0, 0.1) is 0 Å². The summed E-state index contributed by atoms with van der Waals surface area (Å²) in [5.41, 5.74) is 6.04. The van der Waals surface area contributed by atoms with Gasteiger partial charge in [0.1, 0.15) is 5.75 Å². The largest absolute Gasteiger partial charge is 0.496 e. The highest BCUT2D eigenvalue weighted by atomic mass is 16.5. The van der Waals surface area contributed by atoms with Crippen molar-refractivity contribution >= 4 is 11.7 Å².